The summed E-state index contributed by atoms with van der Waals surface area (Å²) in [4.78, 5) is 21.4. The highest BCUT2D eigenvalue weighted by Gasteiger charge is 2.48. The lowest BCUT2D eigenvalue weighted by molar-refractivity contribution is -0.191. The Bertz CT molecular complexity index is 639. The van der Waals surface area contributed by atoms with Gasteiger partial charge in [0.2, 0.25) is 0 Å². The number of alkyl halides is 3. The molecule has 0 aromatic heterocycles. The standard InChI is InChI=1S/C12H6ClF3O5/c13-7-1-5-3-8(20-11(18)19)10(12(14,15)16)21-9(5)6(2-7)4-17/h1-4,10H,(H,18,19). The first kappa shape index (κ1) is 15.2. The van der Waals surface area contributed by atoms with E-state index in [-0.39, 0.29) is 28.2 Å². The third kappa shape index (κ3) is 3.10. The number of carbonyl (C=O) groups is 2. The fourth-order valence-corrected chi connectivity index (χ4v) is 2.02. The third-order valence-electron chi connectivity index (χ3n) is 2.53. The Morgan fingerprint density at radius 3 is 2.62 bits per heavy atom. The Morgan fingerprint density at radius 2 is 2.10 bits per heavy atom. The van der Waals surface area contributed by atoms with Crippen LogP contribution in [0, 0.1) is 0 Å². The van der Waals surface area contributed by atoms with E-state index >= 15 is 0 Å². The Morgan fingerprint density at radius 1 is 1.43 bits per heavy atom. The van der Waals surface area contributed by atoms with Crippen molar-refractivity contribution < 1.29 is 37.3 Å². The molecule has 1 atom stereocenters. The number of carbonyl (C=O) groups excluding carboxylic acids is 1. The second-order valence-electron chi connectivity index (χ2n) is 3.99. The first-order valence-corrected chi connectivity index (χ1v) is 5.74. The molecule has 1 heterocycles. The second kappa shape index (κ2) is 5.28. The molecule has 21 heavy (non-hydrogen) atoms. The Hall–Kier alpha value is -2.22. The van der Waals surface area contributed by atoms with E-state index in [4.69, 9.17) is 21.4 Å². The van der Waals surface area contributed by atoms with E-state index in [1.807, 2.05) is 0 Å². The molecule has 9 heteroatoms. The summed E-state index contributed by atoms with van der Waals surface area (Å²) in [6.07, 6.45) is -8.35. The number of benzene rings is 1. The summed E-state index contributed by atoms with van der Waals surface area (Å²) >= 11 is 5.72. The van der Waals surface area contributed by atoms with E-state index in [9.17, 15) is 22.8 Å². The molecular formula is C12H6ClF3O5. The summed E-state index contributed by atoms with van der Waals surface area (Å²) in [6, 6.07) is 2.36. The van der Waals surface area contributed by atoms with E-state index < -0.39 is 24.2 Å². The fourth-order valence-electron chi connectivity index (χ4n) is 1.78. The highest BCUT2D eigenvalue weighted by atomic mass is 35.5. The van der Waals surface area contributed by atoms with E-state index in [1.54, 1.807) is 0 Å². The van der Waals surface area contributed by atoms with Crippen molar-refractivity contribution in [2.75, 3.05) is 0 Å². The Kier molecular flexibility index (Phi) is 3.82. The fraction of sp³-hybridized carbons (Fsp3) is 0.167. The van der Waals surface area contributed by atoms with Crippen LogP contribution in [0.1, 0.15) is 15.9 Å². The molecular weight excluding hydrogens is 317 g/mol. The quantitative estimate of drug-likeness (QED) is 0.666. The second-order valence-corrected chi connectivity index (χ2v) is 4.42. The van der Waals surface area contributed by atoms with Crippen LogP contribution in [0.25, 0.3) is 6.08 Å². The molecule has 1 unspecified atom stereocenters. The third-order valence-corrected chi connectivity index (χ3v) is 2.75. The van der Waals surface area contributed by atoms with Gasteiger partial charge in [0, 0.05) is 10.6 Å². The summed E-state index contributed by atoms with van der Waals surface area (Å²) in [5.74, 6) is -1.30. The van der Waals surface area contributed by atoms with E-state index in [1.165, 1.54) is 6.07 Å². The van der Waals surface area contributed by atoms with Crippen LogP contribution in [0.2, 0.25) is 5.02 Å². The van der Waals surface area contributed by atoms with Gasteiger partial charge >= 0.3 is 12.3 Å². The molecule has 0 amide bonds. The van der Waals surface area contributed by atoms with Gasteiger partial charge in [-0.15, -0.1) is 0 Å². The van der Waals surface area contributed by atoms with Gasteiger partial charge in [0.05, 0.1) is 5.56 Å². The number of aldehydes is 1. The minimum Gasteiger partial charge on any atom is -0.471 e. The molecule has 112 valence electrons. The first-order valence-electron chi connectivity index (χ1n) is 5.37. The first-order chi connectivity index (χ1) is 9.72. The summed E-state index contributed by atoms with van der Waals surface area (Å²) in [6.45, 7) is 0. The maximum atomic E-state index is 12.9. The predicted molar refractivity (Wildman–Crippen MR) is 64.4 cm³/mol. The molecule has 1 aromatic rings. The highest BCUT2D eigenvalue weighted by molar-refractivity contribution is 6.31. The minimum atomic E-state index is -4.92. The van der Waals surface area contributed by atoms with E-state index in [0.717, 1.165) is 12.1 Å². The molecule has 1 N–H and O–H groups in total. The van der Waals surface area contributed by atoms with Crippen molar-refractivity contribution in [3.8, 4) is 5.75 Å². The normalized spacial score (nSPS) is 17.3. The molecule has 0 saturated heterocycles. The monoisotopic (exact) mass is 322 g/mol. The van der Waals surface area contributed by atoms with Crippen molar-refractivity contribution in [1.82, 2.24) is 0 Å². The molecule has 0 bridgehead atoms. The van der Waals surface area contributed by atoms with Gasteiger partial charge in [0.1, 0.15) is 5.75 Å². The van der Waals surface area contributed by atoms with Crippen molar-refractivity contribution >= 4 is 30.1 Å². The van der Waals surface area contributed by atoms with Crippen molar-refractivity contribution in [2.45, 2.75) is 12.3 Å². The number of ether oxygens (including phenoxy) is 2. The van der Waals surface area contributed by atoms with Crippen LogP contribution in [0.3, 0.4) is 0 Å². The number of rotatable bonds is 2. The van der Waals surface area contributed by atoms with Gasteiger partial charge in [0.15, 0.2) is 12.0 Å². The summed E-state index contributed by atoms with van der Waals surface area (Å²) < 4.78 is 47.5. The largest absolute Gasteiger partial charge is 0.511 e. The van der Waals surface area contributed by atoms with Gasteiger partial charge in [-0.2, -0.15) is 13.2 Å². The average molecular weight is 323 g/mol. The van der Waals surface area contributed by atoms with Crippen LogP contribution in [-0.4, -0.2) is 29.8 Å². The zero-order valence-electron chi connectivity index (χ0n) is 9.98. The summed E-state index contributed by atoms with van der Waals surface area (Å²) in [5.41, 5.74) is -0.168. The molecule has 0 saturated carbocycles. The number of fused-ring (bicyclic) bond motifs is 1. The van der Waals surface area contributed by atoms with Gasteiger partial charge in [0.25, 0.3) is 6.10 Å². The molecule has 0 spiro atoms. The van der Waals surface area contributed by atoms with Crippen LogP contribution in [0.15, 0.2) is 17.9 Å². The van der Waals surface area contributed by atoms with Crippen LogP contribution >= 0.6 is 11.6 Å². The SMILES string of the molecule is O=Cc1cc(Cl)cc2c1OC(C(F)(F)F)C(OC(=O)O)=C2. The zero-order valence-corrected chi connectivity index (χ0v) is 10.7. The number of halogens is 4. The van der Waals surface area contributed by atoms with Gasteiger partial charge < -0.3 is 14.6 Å². The van der Waals surface area contributed by atoms with Crippen LogP contribution in [-0.2, 0) is 4.74 Å². The van der Waals surface area contributed by atoms with E-state index in [2.05, 4.69) is 4.74 Å². The Labute approximate surface area is 120 Å². The molecule has 0 aliphatic carbocycles. The lowest BCUT2D eigenvalue weighted by Crippen LogP contribution is -2.39. The maximum absolute atomic E-state index is 12.9. The van der Waals surface area contributed by atoms with Gasteiger partial charge in [-0.3, -0.25) is 4.79 Å². The Balaban J connectivity index is 2.58. The molecule has 1 aromatic carbocycles. The predicted octanol–water partition coefficient (Wildman–Crippen LogP) is 3.51. The van der Waals surface area contributed by atoms with Crippen molar-refractivity contribution in [2.24, 2.45) is 0 Å². The zero-order chi connectivity index (χ0) is 15.8. The van der Waals surface area contributed by atoms with E-state index in [0.29, 0.717) is 0 Å². The molecule has 5 nitrogen and oxygen atoms in total. The van der Waals surface area contributed by atoms with Crippen LogP contribution < -0.4 is 4.74 Å². The molecule has 0 fully saturated rings. The number of carboxylic acid groups (broad SMARTS) is 1. The lowest BCUT2D eigenvalue weighted by Gasteiger charge is -2.28. The topological polar surface area (TPSA) is 72.8 Å². The highest BCUT2D eigenvalue weighted by Crippen LogP contribution is 2.40. The smallest absolute Gasteiger partial charge is 0.471 e. The van der Waals surface area contributed by atoms with Gasteiger partial charge in [-0.1, -0.05) is 11.6 Å². The van der Waals surface area contributed by atoms with Crippen molar-refractivity contribution in [3.05, 3.63) is 34.0 Å². The van der Waals surface area contributed by atoms with Crippen molar-refractivity contribution in [3.63, 3.8) is 0 Å². The molecule has 1 aliphatic heterocycles. The number of hydrogen-bond donors (Lipinski definition) is 1. The average Bonchev–Trinajstić information content (AvgIpc) is 2.34. The van der Waals surface area contributed by atoms with Crippen LogP contribution in [0.4, 0.5) is 18.0 Å². The van der Waals surface area contributed by atoms with Crippen molar-refractivity contribution in [1.29, 1.82) is 0 Å². The summed E-state index contributed by atoms with van der Waals surface area (Å²) in [5, 5.41) is 8.56. The van der Waals surface area contributed by atoms with Crippen LogP contribution in [0.5, 0.6) is 5.75 Å². The molecule has 2 rings (SSSR count). The minimum absolute atomic E-state index is 0.0151. The summed E-state index contributed by atoms with van der Waals surface area (Å²) in [7, 11) is 0. The molecule has 0 radical (unpaired) electrons. The maximum Gasteiger partial charge on any atom is 0.511 e. The van der Waals surface area contributed by atoms with Gasteiger partial charge in [-0.25, -0.2) is 4.79 Å². The number of hydrogen-bond acceptors (Lipinski definition) is 4. The lowest BCUT2D eigenvalue weighted by atomic mass is 10.0. The molecule has 1 aliphatic rings. The van der Waals surface area contributed by atoms with Gasteiger partial charge in [-0.05, 0) is 18.2 Å².